The fourth-order valence-corrected chi connectivity index (χ4v) is 1.27. The quantitative estimate of drug-likeness (QED) is 0.510. The van der Waals surface area contributed by atoms with Gasteiger partial charge in [0.1, 0.15) is 17.6 Å². The van der Waals surface area contributed by atoms with E-state index in [0.29, 0.717) is 0 Å². The minimum atomic E-state index is -4.67. The highest BCUT2D eigenvalue weighted by molar-refractivity contribution is 7.47. The van der Waals surface area contributed by atoms with Crippen LogP contribution >= 0.6 is 17.6 Å². The van der Waals surface area contributed by atoms with Crippen LogP contribution in [0.25, 0.3) is 0 Å². The van der Waals surface area contributed by atoms with E-state index in [4.69, 9.17) is 0 Å². The predicted molar refractivity (Wildman–Crippen MR) is 29.8 cm³/mol. The molecule has 0 spiro atoms. The highest BCUT2D eigenvalue weighted by atomic mass is 31.2. The first kappa shape index (κ1) is 11.4. The molecule has 0 saturated carbocycles. The summed E-state index contributed by atoms with van der Waals surface area (Å²) < 4.78 is 70.3. The smallest absolute Gasteiger partial charge is 0.325 e. The van der Waals surface area contributed by atoms with Gasteiger partial charge in [-0.1, -0.05) is 0 Å². The highest BCUT2D eigenvalue weighted by Gasteiger charge is 2.33. The van der Waals surface area contributed by atoms with Crippen molar-refractivity contribution in [2.45, 2.75) is 11.8 Å². The van der Waals surface area contributed by atoms with Gasteiger partial charge in [-0.25, -0.2) is 0 Å². The summed E-state index contributed by atoms with van der Waals surface area (Å²) in [5.74, 6) is -9.34. The van der Waals surface area contributed by atoms with Crippen LogP contribution < -0.4 is 0 Å². The molecule has 9 heteroatoms. The first-order valence-corrected chi connectivity index (χ1v) is 3.86. The molecule has 0 aromatic rings. The van der Waals surface area contributed by atoms with Gasteiger partial charge in [0.2, 0.25) is 0 Å². The van der Waals surface area contributed by atoms with Crippen LogP contribution in [0, 0.1) is 0 Å². The Kier molecular flexibility index (Phi) is 4.02. The van der Waals surface area contributed by atoms with E-state index in [1.165, 1.54) is 0 Å². The third kappa shape index (κ3) is 10.4. The summed E-state index contributed by atoms with van der Waals surface area (Å²) in [6.45, 7) is 0. The van der Waals surface area contributed by atoms with E-state index in [2.05, 4.69) is 4.31 Å². The van der Waals surface area contributed by atoms with E-state index in [1.54, 1.807) is 0 Å². The normalized spacial score (nSPS) is 15.8. The van der Waals surface area contributed by atoms with Crippen molar-refractivity contribution in [2.24, 2.45) is 0 Å². The third-order valence-electron chi connectivity index (χ3n) is 0.334. The molecule has 0 amide bonds. The fourth-order valence-electron chi connectivity index (χ4n) is 0.141. The van der Waals surface area contributed by atoms with Crippen LogP contribution in [0.1, 0.15) is 0 Å². The van der Waals surface area contributed by atoms with Crippen molar-refractivity contribution in [1.82, 2.24) is 0 Å². The summed E-state index contributed by atoms with van der Waals surface area (Å²) >= 11 is 0. The van der Waals surface area contributed by atoms with Crippen molar-refractivity contribution < 1.29 is 30.7 Å². The second kappa shape index (κ2) is 3.87. The molecule has 1 nitrogen and oxygen atoms in total. The Morgan fingerprint density at radius 3 is 1.18 bits per heavy atom. The van der Waals surface area contributed by atoms with E-state index in [9.17, 15) is 26.3 Å². The van der Waals surface area contributed by atoms with Gasteiger partial charge in [0.15, 0.2) is 0 Å². The molecule has 2 unspecified atom stereocenters. The molecular formula is C2H2F6OP2. The molecule has 0 aliphatic carbocycles. The standard InChI is InChI=1S/C2H2F6OP2/c3-1(4,5)10-9-11-2(6,7)8/h10-11H. The Balaban J connectivity index is 3.44. The van der Waals surface area contributed by atoms with Gasteiger partial charge in [0, 0.05) is 0 Å². The molecule has 0 aliphatic heterocycles. The van der Waals surface area contributed by atoms with Crippen molar-refractivity contribution in [3.63, 3.8) is 0 Å². The average molecular weight is 218 g/mol. The number of rotatable bonds is 2. The van der Waals surface area contributed by atoms with Crippen molar-refractivity contribution in [1.29, 1.82) is 0 Å². The van der Waals surface area contributed by atoms with Crippen LogP contribution in [-0.2, 0) is 4.31 Å². The number of hydrogen-bond donors (Lipinski definition) is 0. The zero-order chi connectivity index (χ0) is 9.12. The number of alkyl halides is 6. The second-order valence-corrected chi connectivity index (χ2v) is 3.66. The van der Waals surface area contributed by atoms with Gasteiger partial charge in [-0.2, -0.15) is 26.3 Å². The van der Waals surface area contributed by atoms with Crippen LogP contribution in [0.15, 0.2) is 0 Å². The molecule has 0 aromatic heterocycles. The molecular weight excluding hydrogens is 216 g/mol. The van der Waals surface area contributed by atoms with E-state index < -0.39 is 29.5 Å². The maximum Gasteiger partial charge on any atom is 0.427 e. The minimum absolute atomic E-state index is 2.09. The lowest BCUT2D eigenvalue weighted by Gasteiger charge is -2.08. The summed E-state index contributed by atoms with van der Waals surface area (Å²) in [5.41, 5.74) is 0. The molecule has 0 saturated heterocycles. The highest BCUT2D eigenvalue weighted by Crippen LogP contribution is 2.48. The zero-order valence-corrected chi connectivity index (χ0v) is 6.68. The molecule has 0 radical (unpaired) electrons. The van der Waals surface area contributed by atoms with Crippen LogP contribution in [0.4, 0.5) is 26.3 Å². The number of hydrogen-bond acceptors (Lipinski definition) is 1. The van der Waals surface area contributed by atoms with Crippen LogP contribution in [0.2, 0.25) is 0 Å². The Morgan fingerprint density at radius 2 is 1.00 bits per heavy atom. The van der Waals surface area contributed by atoms with E-state index in [-0.39, 0.29) is 0 Å². The van der Waals surface area contributed by atoms with Crippen molar-refractivity contribution >= 4 is 17.6 Å². The monoisotopic (exact) mass is 218 g/mol. The van der Waals surface area contributed by atoms with Crippen LogP contribution in [0.5, 0.6) is 0 Å². The predicted octanol–water partition coefficient (Wildman–Crippen LogP) is 3.23. The maximum atomic E-state index is 11.2. The zero-order valence-electron chi connectivity index (χ0n) is 4.68. The first-order chi connectivity index (χ1) is 4.71. The molecule has 0 aromatic carbocycles. The lowest BCUT2D eigenvalue weighted by molar-refractivity contribution is -0.0482. The van der Waals surface area contributed by atoms with Crippen molar-refractivity contribution in [2.75, 3.05) is 0 Å². The van der Waals surface area contributed by atoms with Gasteiger partial charge in [0.25, 0.3) is 0 Å². The third-order valence-corrected chi connectivity index (χ3v) is 1.61. The van der Waals surface area contributed by atoms with Gasteiger partial charge in [-0.3, -0.25) is 0 Å². The molecule has 0 heterocycles. The lowest BCUT2D eigenvalue weighted by atomic mass is 11.6. The van der Waals surface area contributed by atoms with E-state index in [0.717, 1.165) is 0 Å². The Hall–Kier alpha value is 0.400. The minimum Gasteiger partial charge on any atom is -0.325 e. The lowest BCUT2D eigenvalue weighted by Crippen LogP contribution is -1.99. The van der Waals surface area contributed by atoms with Gasteiger partial charge in [-0.05, 0) is 0 Å². The molecule has 0 fully saturated rings. The summed E-state index contributed by atoms with van der Waals surface area (Å²) in [6, 6.07) is 0. The van der Waals surface area contributed by atoms with E-state index >= 15 is 0 Å². The average Bonchev–Trinajstić information content (AvgIpc) is 1.55. The Bertz CT molecular complexity index is 103. The summed E-state index contributed by atoms with van der Waals surface area (Å²) in [5, 5.41) is 0. The van der Waals surface area contributed by atoms with Crippen molar-refractivity contribution in [3.05, 3.63) is 0 Å². The maximum absolute atomic E-state index is 11.2. The molecule has 68 valence electrons. The topological polar surface area (TPSA) is 9.23 Å². The van der Waals surface area contributed by atoms with Crippen LogP contribution in [-0.4, -0.2) is 11.8 Å². The molecule has 2 atom stereocenters. The molecule has 0 N–H and O–H groups in total. The Labute approximate surface area is 61.2 Å². The fraction of sp³-hybridized carbons (Fsp3) is 1.00. The molecule has 11 heavy (non-hydrogen) atoms. The molecule has 0 rings (SSSR count). The summed E-state index contributed by atoms with van der Waals surface area (Å²) in [6.07, 6.45) is 0. The number of halogens is 6. The molecule has 0 bridgehead atoms. The van der Waals surface area contributed by atoms with Gasteiger partial charge < -0.3 is 4.31 Å². The SMILES string of the molecule is FC(F)(F)POPC(F)(F)F. The first-order valence-electron chi connectivity index (χ1n) is 2.04. The van der Waals surface area contributed by atoms with E-state index in [1.807, 2.05) is 0 Å². The molecule has 0 aliphatic rings. The summed E-state index contributed by atoms with van der Waals surface area (Å²) in [7, 11) is -4.19. The van der Waals surface area contributed by atoms with Crippen molar-refractivity contribution in [3.8, 4) is 0 Å². The second-order valence-electron chi connectivity index (χ2n) is 1.30. The van der Waals surface area contributed by atoms with Gasteiger partial charge in [0.05, 0.1) is 0 Å². The Morgan fingerprint density at radius 1 is 0.727 bits per heavy atom. The van der Waals surface area contributed by atoms with Gasteiger partial charge in [-0.15, -0.1) is 0 Å². The summed E-state index contributed by atoms with van der Waals surface area (Å²) in [4.78, 5) is 0. The van der Waals surface area contributed by atoms with Gasteiger partial charge >= 0.3 is 11.8 Å². The largest absolute Gasteiger partial charge is 0.427 e. The van der Waals surface area contributed by atoms with Crippen LogP contribution in [0.3, 0.4) is 0 Å².